The predicted octanol–water partition coefficient (Wildman–Crippen LogP) is 1.77. The molecule has 1 saturated heterocycles. The van der Waals surface area contributed by atoms with Gasteiger partial charge in [-0.1, -0.05) is 35.5 Å². The molecule has 2 aromatic rings. The van der Waals surface area contributed by atoms with E-state index in [1.165, 1.54) is 0 Å². The summed E-state index contributed by atoms with van der Waals surface area (Å²) in [5, 5.41) is 7.19. The molecule has 1 aliphatic rings. The standard InChI is InChI=1S/C11H11N3O/c1-2-4-8(5-3-1)10-13-11(15-14-10)9-6-7-12-9/h1-5,9,12H,6-7H2. The van der Waals surface area contributed by atoms with Crippen LogP contribution in [0.15, 0.2) is 34.9 Å². The Hall–Kier alpha value is -1.68. The minimum Gasteiger partial charge on any atom is -0.337 e. The lowest BCUT2D eigenvalue weighted by Crippen LogP contribution is -2.35. The molecule has 0 spiro atoms. The van der Waals surface area contributed by atoms with Gasteiger partial charge in [0.1, 0.15) is 0 Å². The molecule has 0 bridgehead atoms. The van der Waals surface area contributed by atoms with E-state index in [2.05, 4.69) is 15.5 Å². The molecular formula is C11H11N3O. The smallest absolute Gasteiger partial charge is 0.244 e. The summed E-state index contributed by atoms with van der Waals surface area (Å²) < 4.78 is 5.20. The second-order valence-corrected chi connectivity index (χ2v) is 3.62. The van der Waals surface area contributed by atoms with E-state index in [4.69, 9.17) is 4.52 Å². The summed E-state index contributed by atoms with van der Waals surface area (Å²) in [5.41, 5.74) is 0.992. The Balaban J connectivity index is 1.90. The Morgan fingerprint density at radius 2 is 2.07 bits per heavy atom. The molecule has 2 heterocycles. The largest absolute Gasteiger partial charge is 0.337 e. The first-order valence-corrected chi connectivity index (χ1v) is 5.06. The summed E-state index contributed by atoms with van der Waals surface area (Å²) in [6.45, 7) is 1.04. The zero-order chi connectivity index (χ0) is 10.1. The maximum absolute atomic E-state index is 5.20. The third-order valence-corrected chi connectivity index (χ3v) is 2.60. The number of hydrogen-bond donors (Lipinski definition) is 1. The highest BCUT2D eigenvalue weighted by Crippen LogP contribution is 2.23. The highest BCUT2D eigenvalue weighted by atomic mass is 16.5. The van der Waals surface area contributed by atoms with E-state index < -0.39 is 0 Å². The van der Waals surface area contributed by atoms with E-state index in [0.29, 0.717) is 11.7 Å². The first-order chi connectivity index (χ1) is 7.43. The van der Waals surface area contributed by atoms with Gasteiger partial charge in [-0.25, -0.2) is 0 Å². The summed E-state index contributed by atoms with van der Waals surface area (Å²) in [6, 6.07) is 10.1. The van der Waals surface area contributed by atoms with E-state index in [0.717, 1.165) is 18.5 Å². The number of aromatic nitrogens is 2. The summed E-state index contributed by atoms with van der Waals surface area (Å²) in [4.78, 5) is 4.36. The molecule has 4 heteroatoms. The Bertz CT molecular complexity index is 448. The van der Waals surface area contributed by atoms with Crippen LogP contribution in [0.3, 0.4) is 0 Å². The lowest BCUT2D eigenvalue weighted by molar-refractivity contribution is 0.273. The van der Waals surface area contributed by atoms with Crippen molar-refractivity contribution in [2.75, 3.05) is 6.54 Å². The van der Waals surface area contributed by atoms with Crippen molar-refractivity contribution < 1.29 is 4.52 Å². The molecule has 76 valence electrons. The molecule has 1 aromatic carbocycles. The first-order valence-electron chi connectivity index (χ1n) is 5.06. The Labute approximate surface area is 87.3 Å². The van der Waals surface area contributed by atoms with Crippen LogP contribution >= 0.6 is 0 Å². The molecule has 1 aliphatic heterocycles. The predicted molar refractivity (Wildman–Crippen MR) is 55.1 cm³/mol. The number of nitrogens with one attached hydrogen (secondary N) is 1. The number of nitrogens with zero attached hydrogens (tertiary/aromatic N) is 2. The quantitative estimate of drug-likeness (QED) is 0.804. The topological polar surface area (TPSA) is 51.0 Å². The SMILES string of the molecule is c1ccc(-c2noc(C3CCN3)n2)cc1. The molecule has 0 saturated carbocycles. The van der Waals surface area contributed by atoms with Gasteiger partial charge in [-0.15, -0.1) is 0 Å². The van der Waals surface area contributed by atoms with Gasteiger partial charge >= 0.3 is 0 Å². The van der Waals surface area contributed by atoms with Crippen LogP contribution < -0.4 is 5.32 Å². The molecule has 0 amide bonds. The molecule has 1 aromatic heterocycles. The fraction of sp³-hybridized carbons (Fsp3) is 0.273. The van der Waals surface area contributed by atoms with Crippen LogP contribution in [0.4, 0.5) is 0 Å². The zero-order valence-corrected chi connectivity index (χ0v) is 8.18. The normalized spacial score (nSPS) is 19.9. The van der Waals surface area contributed by atoms with Gasteiger partial charge in [0, 0.05) is 5.56 Å². The van der Waals surface area contributed by atoms with Crippen LogP contribution in [0, 0.1) is 0 Å². The van der Waals surface area contributed by atoms with Gasteiger partial charge in [0.2, 0.25) is 11.7 Å². The third kappa shape index (κ3) is 1.53. The average Bonchev–Trinajstić information content (AvgIpc) is 2.66. The summed E-state index contributed by atoms with van der Waals surface area (Å²) >= 11 is 0. The molecule has 3 rings (SSSR count). The lowest BCUT2D eigenvalue weighted by Gasteiger charge is -2.23. The van der Waals surface area contributed by atoms with Gasteiger partial charge in [-0.2, -0.15) is 4.98 Å². The first kappa shape index (κ1) is 8.61. The molecule has 1 fully saturated rings. The number of benzene rings is 1. The monoisotopic (exact) mass is 201 g/mol. The maximum Gasteiger partial charge on any atom is 0.244 e. The van der Waals surface area contributed by atoms with Gasteiger partial charge in [-0.3, -0.25) is 0 Å². The second kappa shape index (κ2) is 3.47. The highest BCUT2D eigenvalue weighted by molar-refractivity contribution is 5.53. The average molecular weight is 201 g/mol. The fourth-order valence-corrected chi connectivity index (χ4v) is 1.58. The van der Waals surface area contributed by atoms with Crippen LogP contribution in [-0.4, -0.2) is 16.7 Å². The molecule has 1 atom stereocenters. The van der Waals surface area contributed by atoms with E-state index in [-0.39, 0.29) is 6.04 Å². The third-order valence-electron chi connectivity index (χ3n) is 2.60. The Kier molecular flexibility index (Phi) is 1.99. The van der Waals surface area contributed by atoms with Crippen molar-refractivity contribution in [3.8, 4) is 11.4 Å². The number of hydrogen-bond acceptors (Lipinski definition) is 4. The molecular weight excluding hydrogens is 190 g/mol. The minimum atomic E-state index is 0.259. The summed E-state index contributed by atoms with van der Waals surface area (Å²) in [6.07, 6.45) is 1.08. The summed E-state index contributed by atoms with van der Waals surface area (Å²) in [7, 11) is 0. The van der Waals surface area contributed by atoms with Crippen molar-refractivity contribution in [3.05, 3.63) is 36.2 Å². The molecule has 15 heavy (non-hydrogen) atoms. The van der Waals surface area contributed by atoms with Crippen LogP contribution in [0.25, 0.3) is 11.4 Å². The fourth-order valence-electron chi connectivity index (χ4n) is 1.58. The van der Waals surface area contributed by atoms with Crippen LogP contribution in [0.1, 0.15) is 18.4 Å². The summed E-state index contributed by atoms with van der Waals surface area (Å²) in [5.74, 6) is 1.36. The van der Waals surface area contributed by atoms with Gasteiger partial charge in [-0.05, 0) is 13.0 Å². The lowest BCUT2D eigenvalue weighted by atomic mass is 10.1. The van der Waals surface area contributed by atoms with E-state index in [1.807, 2.05) is 30.3 Å². The molecule has 4 nitrogen and oxygen atoms in total. The van der Waals surface area contributed by atoms with E-state index in [9.17, 15) is 0 Å². The van der Waals surface area contributed by atoms with Crippen LogP contribution in [-0.2, 0) is 0 Å². The molecule has 1 N–H and O–H groups in total. The highest BCUT2D eigenvalue weighted by Gasteiger charge is 2.24. The van der Waals surface area contributed by atoms with Crippen molar-refractivity contribution in [2.45, 2.75) is 12.5 Å². The van der Waals surface area contributed by atoms with Gasteiger partial charge in [0.15, 0.2) is 0 Å². The van der Waals surface area contributed by atoms with Gasteiger partial charge < -0.3 is 9.84 Å². The Morgan fingerprint density at radius 3 is 2.73 bits per heavy atom. The Morgan fingerprint density at radius 1 is 1.27 bits per heavy atom. The van der Waals surface area contributed by atoms with Gasteiger partial charge in [0.25, 0.3) is 0 Å². The van der Waals surface area contributed by atoms with Crippen LogP contribution in [0.5, 0.6) is 0 Å². The van der Waals surface area contributed by atoms with Crippen molar-refractivity contribution in [1.82, 2.24) is 15.5 Å². The number of rotatable bonds is 2. The van der Waals surface area contributed by atoms with Crippen molar-refractivity contribution in [3.63, 3.8) is 0 Å². The van der Waals surface area contributed by atoms with Crippen LogP contribution in [0.2, 0.25) is 0 Å². The maximum atomic E-state index is 5.20. The minimum absolute atomic E-state index is 0.259. The van der Waals surface area contributed by atoms with Crippen molar-refractivity contribution in [2.24, 2.45) is 0 Å². The van der Waals surface area contributed by atoms with Crippen molar-refractivity contribution in [1.29, 1.82) is 0 Å². The van der Waals surface area contributed by atoms with E-state index in [1.54, 1.807) is 0 Å². The second-order valence-electron chi connectivity index (χ2n) is 3.62. The van der Waals surface area contributed by atoms with Gasteiger partial charge in [0.05, 0.1) is 6.04 Å². The molecule has 0 radical (unpaired) electrons. The van der Waals surface area contributed by atoms with Crippen molar-refractivity contribution >= 4 is 0 Å². The zero-order valence-electron chi connectivity index (χ0n) is 8.18. The molecule has 0 aliphatic carbocycles. The molecule has 1 unspecified atom stereocenters. The van der Waals surface area contributed by atoms with E-state index >= 15 is 0 Å².